The summed E-state index contributed by atoms with van der Waals surface area (Å²) in [6, 6.07) is 0. The molecule has 4 heteroatoms. The molecule has 0 aromatic carbocycles. The van der Waals surface area contributed by atoms with Crippen molar-refractivity contribution < 1.29 is 10.2 Å². The van der Waals surface area contributed by atoms with E-state index in [9.17, 15) is 0 Å². The van der Waals surface area contributed by atoms with Crippen LogP contribution >= 0.6 is 0 Å². The molecule has 0 aromatic heterocycles. The van der Waals surface area contributed by atoms with Crippen molar-refractivity contribution in [3.8, 4) is 0 Å². The van der Waals surface area contributed by atoms with Gasteiger partial charge in [0.15, 0.2) is 0 Å². The molecule has 0 aromatic rings. The molecule has 84 valence electrons. The summed E-state index contributed by atoms with van der Waals surface area (Å²) >= 11 is 0. The third-order valence-electron chi connectivity index (χ3n) is 3.25. The molecule has 14 heavy (non-hydrogen) atoms. The van der Waals surface area contributed by atoms with Gasteiger partial charge >= 0.3 is 0 Å². The van der Waals surface area contributed by atoms with Crippen molar-refractivity contribution >= 4 is 0 Å². The van der Waals surface area contributed by atoms with E-state index in [2.05, 4.69) is 4.90 Å². The summed E-state index contributed by atoms with van der Waals surface area (Å²) in [5.41, 5.74) is 5.59. The average Bonchev–Trinajstić information content (AvgIpc) is 2.23. The standard InChI is InChI=1S/C10H22N2O2/c11-7-10(8-14)9-1-3-12(4-2-9)5-6-13/h9-10,13-14H,1-8,11H2. The molecule has 0 amide bonds. The maximum atomic E-state index is 9.11. The summed E-state index contributed by atoms with van der Waals surface area (Å²) < 4.78 is 0. The number of nitrogens with zero attached hydrogens (tertiary/aromatic N) is 1. The molecule has 1 atom stereocenters. The van der Waals surface area contributed by atoms with Crippen LogP contribution in [0.1, 0.15) is 12.8 Å². The molecule has 4 nitrogen and oxygen atoms in total. The number of likely N-dealkylation sites (tertiary alicyclic amines) is 1. The molecule has 1 aliphatic rings. The van der Waals surface area contributed by atoms with Crippen molar-refractivity contribution in [1.82, 2.24) is 4.90 Å². The molecule has 4 N–H and O–H groups in total. The lowest BCUT2D eigenvalue weighted by Gasteiger charge is -2.34. The summed E-state index contributed by atoms with van der Waals surface area (Å²) in [6.45, 7) is 3.87. The van der Waals surface area contributed by atoms with E-state index in [1.165, 1.54) is 0 Å². The highest BCUT2D eigenvalue weighted by Gasteiger charge is 2.24. The molecule has 0 aliphatic carbocycles. The fraction of sp³-hybridized carbons (Fsp3) is 1.00. The van der Waals surface area contributed by atoms with Crippen LogP contribution in [0, 0.1) is 11.8 Å². The van der Waals surface area contributed by atoms with Crippen molar-refractivity contribution in [3.05, 3.63) is 0 Å². The lowest BCUT2D eigenvalue weighted by molar-refractivity contribution is 0.0987. The Labute approximate surface area is 85.7 Å². The van der Waals surface area contributed by atoms with Crippen LogP contribution < -0.4 is 5.73 Å². The molecule has 1 aliphatic heterocycles. The molecule has 0 spiro atoms. The van der Waals surface area contributed by atoms with Gasteiger partial charge in [-0.15, -0.1) is 0 Å². The first-order valence-corrected chi connectivity index (χ1v) is 5.46. The van der Waals surface area contributed by atoms with Gasteiger partial charge in [0.2, 0.25) is 0 Å². The van der Waals surface area contributed by atoms with Gasteiger partial charge in [-0.2, -0.15) is 0 Å². The molecule has 1 fully saturated rings. The van der Waals surface area contributed by atoms with Gasteiger partial charge in [0.1, 0.15) is 0 Å². The van der Waals surface area contributed by atoms with Crippen LogP contribution in [0.25, 0.3) is 0 Å². The lowest BCUT2D eigenvalue weighted by Crippen LogP contribution is -2.40. The van der Waals surface area contributed by atoms with Gasteiger partial charge in [0, 0.05) is 13.2 Å². The van der Waals surface area contributed by atoms with E-state index in [1.807, 2.05) is 0 Å². The van der Waals surface area contributed by atoms with Gasteiger partial charge in [-0.05, 0) is 44.3 Å². The highest BCUT2D eigenvalue weighted by molar-refractivity contribution is 4.77. The smallest absolute Gasteiger partial charge is 0.0558 e. The molecular weight excluding hydrogens is 180 g/mol. The van der Waals surface area contributed by atoms with Gasteiger partial charge in [-0.3, -0.25) is 0 Å². The van der Waals surface area contributed by atoms with E-state index >= 15 is 0 Å². The molecule has 1 heterocycles. The first kappa shape index (κ1) is 11.9. The number of aliphatic hydroxyl groups excluding tert-OH is 2. The summed E-state index contributed by atoms with van der Waals surface area (Å²) in [7, 11) is 0. The van der Waals surface area contributed by atoms with Gasteiger partial charge in [0.25, 0.3) is 0 Å². The summed E-state index contributed by atoms with van der Waals surface area (Å²) in [5.74, 6) is 0.839. The SMILES string of the molecule is NCC(CO)C1CCN(CCO)CC1. The minimum absolute atomic E-state index is 0.209. The average molecular weight is 202 g/mol. The van der Waals surface area contributed by atoms with E-state index in [1.54, 1.807) is 0 Å². The van der Waals surface area contributed by atoms with Gasteiger partial charge in [0.05, 0.1) is 6.61 Å². The van der Waals surface area contributed by atoms with E-state index in [4.69, 9.17) is 15.9 Å². The Morgan fingerprint density at radius 2 is 1.93 bits per heavy atom. The van der Waals surface area contributed by atoms with Crippen molar-refractivity contribution in [2.24, 2.45) is 17.6 Å². The maximum Gasteiger partial charge on any atom is 0.0558 e. The van der Waals surface area contributed by atoms with Crippen LogP contribution in [0.2, 0.25) is 0 Å². The molecular formula is C10H22N2O2. The van der Waals surface area contributed by atoms with Crippen LogP contribution in [-0.2, 0) is 0 Å². The second-order valence-corrected chi connectivity index (χ2v) is 4.08. The summed E-state index contributed by atoms with van der Waals surface area (Å²) in [6.07, 6.45) is 2.20. The fourth-order valence-corrected chi connectivity index (χ4v) is 2.21. The Morgan fingerprint density at radius 1 is 1.29 bits per heavy atom. The van der Waals surface area contributed by atoms with Crippen LogP contribution in [0.15, 0.2) is 0 Å². The van der Waals surface area contributed by atoms with Gasteiger partial charge in [-0.1, -0.05) is 0 Å². The number of aliphatic hydroxyl groups is 2. The van der Waals surface area contributed by atoms with Gasteiger partial charge < -0.3 is 20.8 Å². The van der Waals surface area contributed by atoms with Crippen LogP contribution in [0.3, 0.4) is 0 Å². The topological polar surface area (TPSA) is 69.7 Å². The van der Waals surface area contributed by atoms with Crippen LogP contribution in [-0.4, -0.2) is 54.5 Å². The van der Waals surface area contributed by atoms with Crippen LogP contribution in [0.4, 0.5) is 0 Å². The molecule has 1 rings (SSSR count). The van der Waals surface area contributed by atoms with E-state index in [0.29, 0.717) is 12.5 Å². The fourth-order valence-electron chi connectivity index (χ4n) is 2.21. The normalized spacial score (nSPS) is 22.5. The highest BCUT2D eigenvalue weighted by Crippen LogP contribution is 2.23. The third kappa shape index (κ3) is 3.20. The summed E-state index contributed by atoms with van der Waals surface area (Å²) in [5, 5.41) is 17.9. The number of hydrogen-bond donors (Lipinski definition) is 3. The Balaban J connectivity index is 2.27. The predicted molar refractivity (Wildman–Crippen MR) is 55.9 cm³/mol. The zero-order valence-corrected chi connectivity index (χ0v) is 8.73. The third-order valence-corrected chi connectivity index (χ3v) is 3.25. The van der Waals surface area contributed by atoms with E-state index < -0.39 is 0 Å². The lowest BCUT2D eigenvalue weighted by atomic mass is 9.85. The van der Waals surface area contributed by atoms with Crippen LogP contribution in [0.5, 0.6) is 0 Å². The molecule has 0 radical (unpaired) electrons. The van der Waals surface area contributed by atoms with Crippen molar-refractivity contribution in [2.45, 2.75) is 12.8 Å². The summed E-state index contributed by atoms with van der Waals surface area (Å²) in [4.78, 5) is 2.27. The largest absolute Gasteiger partial charge is 0.396 e. The Bertz CT molecular complexity index is 143. The van der Waals surface area contributed by atoms with E-state index in [0.717, 1.165) is 32.5 Å². The quantitative estimate of drug-likeness (QED) is 0.549. The minimum atomic E-state index is 0.209. The number of piperidine rings is 1. The number of hydrogen-bond acceptors (Lipinski definition) is 4. The molecule has 0 saturated carbocycles. The first-order chi connectivity index (χ1) is 6.81. The molecule has 0 bridgehead atoms. The Kier molecular flexibility index (Phi) is 5.40. The monoisotopic (exact) mass is 202 g/mol. The second-order valence-electron chi connectivity index (χ2n) is 4.08. The van der Waals surface area contributed by atoms with Gasteiger partial charge in [-0.25, -0.2) is 0 Å². The number of rotatable bonds is 5. The Morgan fingerprint density at radius 3 is 2.36 bits per heavy atom. The van der Waals surface area contributed by atoms with Crippen molar-refractivity contribution in [1.29, 1.82) is 0 Å². The number of nitrogens with two attached hydrogens (primary N) is 1. The van der Waals surface area contributed by atoms with Crippen molar-refractivity contribution in [3.63, 3.8) is 0 Å². The zero-order valence-electron chi connectivity index (χ0n) is 8.73. The highest BCUT2D eigenvalue weighted by atomic mass is 16.3. The first-order valence-electron chi connectivity index (χ1n) is 5.46. The molecule has 1 saturated heterocycles. The second kappa shape index (κ2) is 6.35. The zero-order chi connectivity index (χ0) is 10.4. The predicted octanol–water partition coefficient (Wildman–Crippen LogP) is -0.742. The number of β-amino-alcohol motifs (C(OH)–C–C–N with tert-alkyl or cyclic N) is 1. The molecule has 1 unspecified atom stereocenters. The minimum Gasteiger partial charge on any atom is -0.396 e. The van der Waals surface area contributed by atoms with Crippen molar-refractivity contribution in [2.75, 3.05) is 39.4 Å². The van der Waals surface area contributed by atoms with E-state index in [-0.39, 0.29) is 19.1 Å². The Hall–Kier alpha value is -0.160. The maximum absolute atomic E-state index is 9.11.